The summed E-state index contributed by atoms with van der Waals surface area (Å²) in [6.07, 6.45) is 3.07. The van der Waals surface area contributed by atoms with Crippen molar-refractivity contribution in [2.45, 2.75) is 32.9 Å². The Labute approximate surface area is 74.3 Å². The van der Waals surface area contributed by atoms with Crippen molar-refractivity contribution >= 4 is 0 Å². The zero-order valence-corrected chi connectivity index (χ0v) is 7.67. The summed E-state index contributed by atoms with van der Waals surface area (Å²) in [6, 6.07) is 0.646. The molecule has 0 saturated heterocycles. The molecule has 68 valence electrons. The second-order valence-electron chi connectivity index (χ2n) is 3.69. The molecular weight excluding hydrogens is 150 g/mol. The summed E-state index contributed by atoms with van der Waals surface area (Å²) < 4.78 is 0. The second-order valence-corrected chi connectivity index (χ2v) is 3.69. The highest BCUT2D eigenvalue weighted by molar-refractivity contribution is 5.19. The summed E-state index contributed by atoms with van der Waals surface area (Å²) in [7, 11) is 0. The summed E-state index contributed by atoms with van der Waals surface area (Å²) in [4.78, 5) is 2.47. The molecule has 0 atom stereocenters. The Morgan fingerprint density at radius 1 is 1.67 bits per heavy atom. The van der Waals surface area contributed by atoms with Gasteiger partial charge in [-0.3, -0.25) is 10.00 Å². The predicted octanol–water partition coefficient (Wildman–Crippen LogP) is 1.42. The minimum absolute atomic E-state index is 0. The predicted molar refractivity (Wildman–Crippen MR) is 50.0 cm³/mol. The molecule has 1 aliphatic heterocycles. The van der Waals surface area contributed by atoms with Crippen LogP contribution in [0.5, 0.6) is 0 Å². The number of H-pyrrole nitrogens is 1. The van der Waals surface area contributed by atoms with Gasteiger partial charge in [0.2, 0.25) is 0 Å². The molecule has 1 aromatic heterocycles. The van der Waals surface area contributed by atoms with Gasteiger partial charge in [-0.1, -0.05) is 0 Å². The van der Waals surface area contributed by atoms with Gasteiger partial charge >= 0.3 is 0 Å². The molecule has 0 amide bonds. The van der Waals surface area contributed by atoms with Crippen molar-refractivity contribution in [3.63, 3.8) is 0 Å². The Morgan fingerprint density at radius 2 is 2.50 bits per heavy atom. The van der Waals surface area contributed by atoms with E-state index in [9.17, 15) is 0 Å². The average molecular weight is 167 g/mol. The Kier molecular flexibility index (Phi) is 1.89. The summed E-state index contributed by atoms with van der Waals surface area (Å²) in [5.41, 5.74) is 2.70. The van der Waals surface area contributed by atoms with Crippen LogP contribution in [-0.4, -0.2) is 27.7 Å². The van der Waals surface area contributed by atoms with Crippen molar-refractivity contribution in [1.29, 1.82) is 0 Å². The molecule has 0 aromatic carbocycles. The number of hydrogen-bond acceptors (Lipinski definition) is 2. The highest BCUT2D eigenvalue weighted by Gasteiger charge is 2.18. The summed E-state index contributed by atoms with van der Waals surface area (Å²) in [5.74, 6) is 0. The fourth-order valence-corrected chi connectivity index (χ4v) is 1.68. The lowest BCUT2D eigenvalue weighted by atomic mass is 10.1. The van der Waals surface area contributed by atoms with Crippen LogP contribution in [-0.2, 0) is 13.0 Å². The molecule has 0 bridgehead atoms. The largest absolute Gasteiger partial charge is 0.296 e. The van der Waals surface area contributed by atoms with E-state index in [-0.39, 0.29) is 1.43 Å². The standard InChI is InChI=1S/C9H15N3.H2/c1-7(2)12-4-3-9-8(6-12)5-10-11-9;/h5,7H,3-4,6H2,1-2H3,(H,10,11);1H. The molecular formula is C9H17N3. The maximum atomic E-state index is 4.05. The van der Waals surface area contributed by atoms with E-state index in [0.29, 0.717) is 6.04 Å². The molecule has 2 heterocycles. The van der Waals surface area contributed by atoms with Gasteiger partial charge < -0.3 is 0 Å². The smallest absolute Gasteiger partial charge is 0.0535 e. The highest BCUT2D eigenvalue weighted by atomic mass is 15.2. The molecule has 1 aliphatic rings. The van der Waals surface area contributed by atoms with Crippen LogP contribution >= 0.6 is 0 Å². The number of fused-ring (bicyclic) bond motifs is 1. The Bertz CT molecular complexity index is 270. The Morgan fingerprint density at radius 3 is 3.25 bits per heavy atom. The van der Waals surface area contributed by atoms with Crippen molar-refractivity contribution in [3.05, 3.63) is 17.5 Å². The third-order valence-corrected chi connectivity index (χ3v) is 2.56. The van der Waals surface area contributed by atoms with Crippen molar-refractivity contribution in [3.8, 4) is 0 Å². The molecule has 1 aromatic rings. The first-order valence-electron chi connectivity index (χ1n) is 4.52. The van der Waals surface area contributed by atoms with E-state index in [1.54, 1.807) is 0 Å². The van der Waals surface area contributed by atoms with Gasteiger partial charge in [0.05, 0.1) is 6.20 Å². The Balaban J connectivity index is 0.000000845. The van der Waals surface area contributed by atoms with Crippen molar-refractivity contribution in [1.82, 2.24) is 15.1 Å². The van der Waals surface area contributed by atoms with Crippen LogP contribution in [0.1, 0.15) is 26.5 Å². The fourth-order valence-electron chi connectivity index (χ4n) is 1.68. The number of nitrogens with one attached hydrogen (secondary N) is 1. The second kappa shape index (κ2) is 2.90. The van der Waals surface area contributed by atoms with Crippen LogP contribution in [0.15, 0.2) is 6.20 Å². The van der Waals surface area contributed by atoms with Gasteiger partial charge in [-0.15, -0.1) is 0 Å². The van der Waals surface area contributed by atoms with E-state index >= 15 is 0 Å². The number of aromatic nitrogens is 2. The van der Waals surface area contributed by atoms with Gasteiger partial charge in [0.25, 0.3) is 0 Å². The zero-order chi connectivity index (χ0) is 8.55. The number of hydrogen-bond donors (Lipinski definition) is 1. The monoisotopic (exact) mass is 167 g/mol. The summed E-state index contributed by atoms with van der Waals surface area (Å²) in [6.45, 7) is 6.70. The van der Waals surface area contributed by atoms with Gasteiger partial charge in [0, 0.05) is 38.2 Å². The van der Waals surface area contributed by atoms with E-state index in [4.69, 9.17) is 0 Å². The summed E-state index contributed by atoms with van der Waals surface area (Å²) >= 11 is 0. The maximum Gasteiger partial charge on any atom is 0.0535 e. The molecule has 0 fully saturated rings. The lowest BCUT2D eigenvalue weighted by molar-refractivity contribution is 0.203. The van der Waals surface area contributed by atoms with Crippen LogP contribution in [0.3, 0.4) is 0 Å². The third kappa shape index (κ3) is 1.25. The van der Waals surface area contributed by atoms with Gasteiger partial charge in [-0.05, 0) is 13.8 Å². The average Bonchev–Trinajstić information content (AvgIpc) is 2.49. The quantitative estimate of drug-likeness (QED) is 0.686. The van der Waals surface area contributed by atoms with Gasteiger partial charge in [-0.25, -0.2) is 0 Å². The minimum atomic E-state index is 0. The lowest BCUT2D eigenvalue weighted by Crippen LogP contribution is -2.35. The van der Waals surface area contributed by atoms with Gasteiger partial charge in [0.15, 0.2) is 0 Å². The van der Waals surface area contributed by atoms with E-state index in [2.05, 4.69) is 28.9 Å². The van der Waals surface area contributed by atoms with Crippen LogP contribution in [0.4, 0.5) is 0 Å². The van der Waals surface area contributed by atoms with E-state index < -0.39 is 0 Å². The molecule has 3 heteroatoms. The highest BCUT2D eigenvalue weighted by Crippen LogP contribution is 2.17. The van der Waals surface area contributed by atoms with Crippen molar-refractivity contribution in [2.75, 3.05) is 6.54 Å². The van der Waals surface area contributed by atoms with Crippen molar-refractivity contribution in [2.24, 2.45) is 0 Å². The first-order chi connectivity index (χ1) is 5.77. The number of rotatable bonds is 1. The van der Waals surface area contributed by atoms with Crippen LogP contribution in [0.2, 0.25) is 0 Å². The molecule has 0 saturated carbocycles. The zero-order valence-electron chi connectivity index (χ0n) is 7.67. The fraction of sp³-hybridized carbons (Fsp3) is 0.667. The molecule has 1 N–H and O–H groups in total. The normalized spacial score (nSPS) is 18.2. The first-order valence-corrected chi connectivity index (χ1v) is 4.52. The van der Waals surface area contributed by atoms with Gasteiger partial charge in [0.1, 0.15) is 0 Å². The number of aromatic amines is 1. The van der Waals surface area contributed by atoms with Gasteiger partial charge in [-0.2, -0.15) is 5.10 Å². The lowest BCUT2D eigenvalue weighted by Gasteiger charge is -2.29. The van der Waals surface area contributed by atoms with Crippen LogP contribution in [0.25, 0.3) is 0 Å². The minimum Gasteiger partial charge on any atom is -0.296 e. The molecule has 0 radical (unpaired) electrons. The van der Waals surface area contributed by atoms with E-state index in [1.165, 1.54) is 11.3 Å². The first kappa shape index (κ1) is 7.80. The third-order valence-electron chi connectivity index (χ3n) is 2.56. The Hall–Kier alpha value is -0.830. The van der Waals surface area contributed by atoms with E-state index in [0.717, 1.165) is 19.5 Å². The van der Waals surface area contributed by atoms with E-state index in [1.807, 2.05) is 6.20 Å². The molecule has 0 unspecified atom stereocenters. The SMILES string of the molecule is CC(C)N1CCc2[nH]ncc2C1.[HH]. The van der Waals surface area contributed by atoms with Crippen LogP contribution in [0, 0.1) is 0 Å². The molecule has 12 heavy (non-hydrogen) atoms. The molecule has 3 nitrogen and oxygen atoms in total. The topological polar surface area (TPSA) is 31.9 Å². The summed E-state index contributed by atoms with van der Waals surface area (Å²) in [5, 5.41) is 7.09. The molecule has 0 spiro atoms. The molecule has 2 rings (SSSR count). The number of nitrogens with zero attached hydrogens (tertiary/aromatic N) is 2. The van der Waals surface area contributed by atoms with Crippen LogP contribution < -0.4 is 0 Å². The van der Waals surface area contributed by atoms with Crippen molar-refractivity contribution < 1.29 is 1.43 Å². The molecule has 0 aliphatic carbocycles. The maximum absolute atomic E-state index is 4.05.